The van der Waals surface area contributed by atoms with E-state index in [1.165, 1.54) is 12.8 Å². The minimum Gasteiger partial charge on any atom is -0.352 e. The first-order chi connectivity index (χ1) is 10.3. The van der Waals surface area contributed by atoms with Crippen LogP contribution in [-0.4, -0.2) is 28.3 Å². The van der Waals surface area contributed by atoms with Gasteiger partial charge in [-0.05, 0) is 42.5 Å². The van der Waals surface area contributed by atoms with Gasteiger partial charge in [0.05, 0.1) is 12.1 Å². The SMILES string of the molecule is NCC(NC(=O)Cc1ccc(-n2cccn2)cc1)C1CC1. The van der Waals surface area contributed by atoms with Crippen molar-refractivity contribution in [2.24, 2.45) is 11.7 Å². The molecule has 1 heterocycles. The molecule has 2 aromatic rings. The molecule has 1 aromatic heterocycles. The van der Waals surface area contributed by atoms with Crippen LogP contribution in [0, 0.1) is 5.92 Å². The lowest BCUT2D eigenvalue weighted by atomic mass is 10.1. The van der Waals surface area contributed by atoms with Crippen molar-refractivity contribution >= 4 is 5.91 Å². The first-order valence-corrected chi connectivity index (χ1v) is 7.34. The lowest BCUT2D eigenvalue weighted by Gasteiger charge is -2.16. The van der Waals surface area contributed by atoms with Crippen molar-refractivity contribution in [3.63, 3.8) is 0 Å². The Morgan fingerprint density at radius 1 is 1.38 bits per heavy atom. The summed E-state index contributed by atoms with van der Waals surface area (Å²) in [5.74, 6) is 0.630. The summed E-state index contributed by atoms with van der Waals surface area (Å²) >= 11 is 0. The summed E-state index contributed by atoms with van der Waals surface area (Å²) < 4.78 is 1.79. The van der Waals surface area contributed by atoms with E-state index < -0.39 is 0 Å². The van der Waals surface area contributed by atoms with Gasteiger partial charge in [0.2, 0.25) is 5.91 Å². The Kier molecular flexibility index (Phi) is 4.01. The molecule has 1 amide bonds. The molecule has 0 aliphatic heterocycles. The second-order valence-electron chi connectivity index (χ2n) is 5.54. The molecular weight excluding hydrogens is 264 g/mol. The van der Waals surface area contributed by atoms with Crippen LogP contribution in [0.5, 0.6) is 0 Å². The summed E-state index contributed by atoms with van der Waals surface area (Å²) in [7, 11) is 0. The molecule has 1 atom stereocenters. The standard InChI is InChI=1S/C16H20N4O/c17-11-15(13-4-5-13)19-16(21)10-12-2-6-14(7-3-12)20-9-1-8-18-20/h1-3,6-9,13,15H,4-5,10-11,17H2,(H,19,21). The number of nitrogens with one attached hydrogen (secondary N) is 1. The zero-order valence-corrected chi connectivity index (χ0v) is 11.9. The third-order valence-corrected chi connectivity index (χ3v) is 3.86. The molecule has 110 valence electrons. The number of amides is 1. The highest BCUT2D eigenvalue weighted by molar-refractivity contribution is 5.79. The van der Waals surface area contributed by atoms with Crippen LogP contribution in [0.15, 0.2) is 42.7 Å². The summed E-state index contributed by atoms with van der Waals surface area (Å²) in [4.78, 5) is 12.0. The fourth-order valence-corrected chi connectivity index (χ4v) is 2.50. The van der Waals surface area contributed by atoms with E-state index in [0.717, 1.165) is 11.3 Å². The van der Waals surface area contributed by atoms with Crippen molar-refractivity contribution < 1.29 is 4.79 Å². The van der Waals surface area contributed by atoms with Crippen molar-refractivity contribution in [1.82, 2.24) is 15.1 Å². The van der Waals surface area contributed by atoms with Gasteiger partial charge in [-0.3, -0.25) is 4.79 Å². The summed E-state index contributed by atoms with van der Waals surface area (Å²) in [6, 6.07) is 9.89. The summed E-state index contributed by atoms with van der Waals surface area (Å²) in [6.45, 7) is 0.522. The van der Waals surface area contributed by atoms with Crippen LogP contribution in [0.2, 0.25) is 0 Å². The van der Waals surface area contributed by atoms with Gasteiger partial charge < -0.3 is 11.1 Å². The largest absolute Gasteiger partial charge is 0.352 e. The first kappa shape index (κ1) is 13.8. The Morgan fingerprint density at radius 2 is 2.14 bits per heavy atom. The van der Waals surface area contributed by atoms with Gasteiger partial charge in [0.15, 0.2) is 0 Å². The predicted octanol–water partition coefficient (Wildman–Crippen LogP) is 1.27. The third-order valence-electron chi connectivity index (χ3n) is 3.86. The lowest BCUT2D eigenvalue weighted by molar-refractivity contribution is -0.121. The minimum atomic E-state index is 0.0455. The maximum atomic E-state index is 12.0. The molecule has 21 heavy (non-hydrogen) atoms. The zero-order valence-electron chi connectivity index (χ0n) is 11.9. The molecule has 1 unspecified atom stereocenters. The topological polar surface area (TPSA) is 72.9 Å². The maximum absolute atomic E-state index is 12.0. The van der Waals surface area contributed by atoms with Crippen LogP contribution >= 0.6 is 0 Å². The molecular formula is C16H20N4O. The number of benzene rings is 1. The fourth-order valence-electron chi connectivity index (χ4n) is 2.50. The molecule has 5 nitrogen and oxygen atoms in total. The van der Waals surface area contributed by atoms with Gasteiger partial charge in [-0.25, -0.2) is 4.68 Å². The van der Waals surface area contributed by atoms with Gasteiger partial charge in [-0.1, -0.05) is 12.1 Å². The number of carbonyl (C=O) groups excluding carboxylic acids is 1. The van der Waals surface area contributed by atoms with E-state index in [1.807, 2.05) is 36.5 Å². The number of hydrogen-bond acceptors (Lipinski definition) is 3. The van der Waals surface area contributed by atoms with Crippen LogP contribution in [0.4, 0.5) is 0 Å². The molecule has 1 fully saturated rings. The number of nitrogens with two attached hydrogens (primary N) is 1. The lowest BCUT2D eigenvalue weighted by Crippen LogP contribution is -2.42. The molecule has 0 saturated heterocycles. The van der Waals surface area contributed by atoms with Gasteiger partial charge in [-0.15, -0.1) is 0 Å². The minimum absolute atomic E-state index is 0.0455. The number of aromatic nitrogens is 2. The van der Waals surface area contributed by atoms with Crippen molar-refractivity contribution in [1.29, 1.82) is 0 Å². The number of hydrogen-bond donors (Lipinski definition) is 2. The molecule has 3 N–H and O–H groups in total. The average Bonchev–Trinajstić information content (AvgIpc) is 3.20. The van der Waals surface area contributed by atoms with Gasteiger partial charge in [0, 0.05) is 25.0 Å². The highest BCUT2D eigenvalue weighted by Gasteiger charge is 2.31. The smallest absolute Gasteiger partial charge is 0.224 e. The first-order valence-electron chi connectivity index (χ1n) is 7.34. The van der Waals surface area contributed by atoms with Crippen LogP contribution in [0.25, 0.3) is 5.69 Å². The molecule has 0 bridgehead atoms. The second kappa shape index (κ2) is 6.10. The Balaban J connectivity index is 1.58. The van der Waals surface area contributed by atoms with Crippen LogP contribution in [0.3, 0.4) is 0 Å². The van der Waals surface area contributed by atoms with Crippen LogP contribution in [-0.2, 0) is 11.2 Å². The Labute approximate surface area is 124 Å². The molecule has 3 rings (SSSR count). The van der Waals surface area contributed by atoms with Gasteiger partial charge in [-0.2, -0.15) is 5.10 Å². The highest BCUT2D eigenvalue weighted by Crippen LogP contribution is 2.32. The number of rotatable bonds is 6. The average molecular weight is 284 g/mol. The fraction of sp³-hybridized carbons (Fsp3) is 0.375. The Hall–Kier alpha value is -2.14. The molecule has 1 aliphatic rings. The maximum Gasteiger partial charge on any atom is 0.224 e. The highest BCUT2D eigenvalue weighted by atomic mass is 16.1. The van der Waals surface area contributed by atoms with E-state index in [0.29, 0.717) is 18.9 Å². The second-order valence-corrected chi connectivity index (χ2v) is 5.54. The third kappa shape index (κ3) is 3.49. The molecule has 5 heteroatoms. The number of nitrogens with zero attached hydrogens (tertiary/aromatic N) is 2. The van der Waals surface area contributed by atoms with Gasteiger partial charge in [0.1, 0.15) is 0 Å². The quantitative estimate of drug-likeness (QED) is 0.839. The van der Waals surface area contributed by atoms with Gasteiger partial charge in [0.25, 0.3) is 0 Å². The van der Waals surface area contributed by atoms with Crippen molar-refractivity contribution in [3.8, 4) is 5.69 Å². The van der Waals surface area contributed by atoms with E-state index in [-0.39, 0.29) is 11.9 Å². The van der Waals surface area contributed by atoms with E-state index in [4.69, 9.17) is 5.73 Å². The van der Waals surface area contributed by atoms with Gasteiger partial charge >= 0.3 is 0 Å². The summed E-state index contributed by atoms with van der Waals surface area (Å²) in [5.41, 5.74) is 7.69. The van der Waals surface area contributed by atoms with E-state index >= 15 is 0 Å². The molecule has 0 radical (unpaired) electrons. The zero-order chi connectivity index (χ0) is 14.7. The normalized spacial score (nSPS) is 15.7. The van der Waals surface area contributed by atoms with Crippen molar-refractivity contribution in [2.75, 3.05) is 6.54 Å². The van der Waals surface area contributed by atoms with Crippen molar-refractivity contribution in [3.05, 3.63) is 48.3 Å². The number of carbonyl (C=O) groups is 1. The summed E-state index contributed by atoms with van der Waals surface area (Å²) in [5, 5.41) is 7.22. The van der Waals surface area contributed by atoms with E-state index in [2.05, 4.69) is 10.4 Å². The molecule has 0 spiro atoms. The van der Waals surface area contributed by atoms with E-state index in [1.54, 1.807) is 10.9 Å². The monoisotopic (exact) mass is 284 g/mol. The molecule has 1 aromatic carbocycles. The predicted molar refractivity (Wildman–Crippen MR) is 81.0 cm³/mol. The Morgan fingerprint density at radius 3 is 2.71 bits per heavy atom. The Bertz CT molecular complexity index is 587. The molecule has 1 aliphatic carbocycles. The van der Waals surface area contributed by atoms with Crippen LogP contribution in [0.1, 0.15) is 18.4 Å². The van der Waals surface area contributed by atoms with E-state index in [9.17, 15) is 4.79 Å². The molecule has 1 saturated carbocycles. The van der Waals surface area contributed by atoms with Crippen LogP contribution < -0.4 is 11.1 Å². The summed E-state index contributed by atoms with van der Waals surface area (Å²) in [6.07, 6.45) is 6.39. The van der Waals surface area contributed by atoms with Crippen molar-refractivity contribution in [2.45, 2.75) is 25.3 Å².